The van der Waals surface area contributed by atoms with Crippen molar-refractivity contribution in [1.29, 1.82) is 0 Å². The van der Waals surface area contributed by atoms with Crippen LogP contribution in [0, 0.1) is 5.92 Å². The van der Waals surface area contributed by atoms with E-state index < -0.39 is 5.60 Å². The van der Waals surface area contributed by atoms with Gasteiger partial charge in [-0.3, -0.25) is 9.89 Å². The van der Waals surface area contributed by atoms with Gasteiger partial charge in [-0.15, -0.1) is 0 Å². The van der Waals surface area contributed by atoms with Gasteiger partial charge >= 0.3 is 6.09 Å². The first-order valence-corrected chi connectivity index (χ1v) is 10.5. The Morgan fingerprint density at radius 1 is 1.11 bits per heavy atom. The number of nitrogens with zero attached hydrogens (tertiary/aromatic N) is 3. The number of rotatable bonds is 5. The van der Waals surface area contributed by atoms with Crippen molar-refractivity contribution in [1.82, 2.24) is 20.4 Å². The molecule has 7 nitrogen and oxygen atoms in total. The topological polar surface area (TPSA) is 69.2 Å². The van der Waals surface area contributed by atoms with Gasteiger partial charge in [0.05, 0.1) is 0 Å². The monoisotopic (exact) mass is 381 g/mol. The van der Waals surface area contributed by atoms with E-state index in [2.05, 4.69) is 27.4 Å². The summed E-state index contributed by atoms with van der Waals surface area (Å²) in [4.78, 5) is 20.9. The minimum atomic E-state index is -0.430. The maximum absolute atomic E-state index is 12.2. The smallest absolute Gasteiger partial charge is 0.410 e. The van der Waals surface area contributed by atoms with E-state index in [-0.39, 0.29) is 6.09 Å². The zero-order valence-electron chi connectivity index (χ0n) is 17.9. The summed E-state index contributed by atoms with van der Waals surface area (Å²) in [6, 6.07) is 0.616. The largest absolute Gasteiger partial charge is 0.444 e. The molecule has 0 aromatic carbocycles. The van der Waals surface area contributed by atoms with Crippen LogP contribution in [0.1, 0.15) is 53.4 Å². The van der Waals surface area contributed by atoms with Crippen molar-refractivity contribution in [2.24, 2.45) is 10.9 Å². The van der Waals surface area contributed by atoms with Crippen LogP contribution in [-0.4, -0.2) is 79.8 Å². The molecular weight excluding hydrogens is 342 g/mol. The predicted molar refractivity (Wildman–Crippen MR) is 110 cm³/mol. The van der Waals surface area contributed by atoms with Crippen molar-refractivity contribution < 1.29 is 9.53 Å². The zero-order valence-corrected chi connectivity index (χ0v) is 17.9. The number of piperidine rings is 1. The minimum absolute atomic E-state index is 0.191. The van der Waals surface area contributed by atoms with Crippen molar-refractivity contribution in [2.75, 3.05) is 46.3 Å². The molecule has 2 saturated heterocycles. The van der Waals surface area contributed by atoms with Gasteiger partial charge in [0.2, 0.25) is 0 Å². The van der Waals surface area contributed by atoms with E-state index in [0.717, 1.165) is 51.5 Å². The summed E-state index contributed by atoms with van der Waals surface area (Å²) >= 11 is 0. The molecule has 0 aliphatic carbocycles. The molecule has 2 fully saturated rings. The molecule has 7 heteroatoms. The number of nitrogens with one attached hydrogen (secondary N) is 2. The Labute approximate surface area is 164 Å². The molecule has 27 heavy (non-hydrogen) atoms. The number of ether oxygens (including phenoxy) is 1. The molecule has 0 spiro atoms. The molecule has 2 heterocycles. The number of carbonyl (C=O) groups is 1. The first-order chi connectivity index (χ1) is 12.8. The fourth-order valence-corrected chi connectivity index (χ4v) is 3.86. The Morgan fingerprint density at radius 2 is 1.78 bits per heavy atom. The Balaban J connectivity index is 1.67. The van der Waals surface area contributed by atoms with Gasteiger partial charge in [0.1, 0.15) is 5.60 Å². The van der Waals surface area contributed by atoms with Gasteiger partial charge in [-0.25, -0.2) is 4.79 Å². The van der Waals surface area contributed by atoms with Crippen LogP contribution in [0.2, 0.25) is 0 Å². The lowest BCUT2D eigenvalue weighted by atomic mass is 9.97. The van der Waals surface area contributed by atoms with Crippen LogP contribution in [0.5, 0.6) is 0 Å². The summed E-state index contributed by atoms with van der Waals surface area (Å²) in [6.45, 7) is 13.7. The van der Waals surface area contributed by atoms with Gasteiger partial charge in [0.25, 0.3) is 0 Å². The van der Waals surface area contributed by atoms with Gasteiger partial charge in [-0.05, 0) is 65.5 Å². The number of hydrogen-bond acceptors (Lipinski definition) is 4. The number of aliphatic imine (C=N–C) groups is 1. The first kappa shape index (κ1) is 21.8. The molecule has 0 saturated carbocycles. The lowest BCUT2D eigenvalue weighted by Gasteiger charge is -2.33. The average molecular weight is 382 g/mol. The van der Waals surface area contributed by atoms with Gasteiger partial charge in [-0.2, -0.15) is 0 Å². The molecule has 2 aliphatic rings. The van der Waals surface area contributed by atoms with E-state index in [1.807, 2.05) is 32.7 Å². The van der Waals surface area contributed by atoms with E-state index in [9.17, 15) is 4.79 Å². The van der Waals surface area contributed by atoms with E-state index >= 15 is 0 Å². The number of likely N-dealkylation sites (tertiary alicyclic amines) is 2. The molecule has 156 valence electrons. The maximum Gasteiger partial charge on any atom is 0.410 e. The summed E-state index contributed by atoms with van der Waals surface area (Å²) in [7, 11) is 1.83. The summed E-state index contributed by atoms with van der Waals surface area (Å²) in [5, 5.41) is 6.94. The quantitative estimate of drug-likeness (QED) is 0.565. The number of likely N-dealkylation sites (N-methyl/N-ethyl adjacent to an activating group) is 1. The van der Waals surface area contributed by atoms with Gasteiger partial charge in [-0.1, -0.05) is 6.92 Å². The molecule has 0 bridgehead atoms. The first-order valence-electron chi connectivity index (χ1n) is 10.5. The fourth-order valence-electron chi connectivity index (χ4n) is 3.86. The highest BCUT2D eigenvalue weighted by Gasteiger charge is 2.27. The summed E-state index contributed by atoms with van der Waals surface area (Å²) in [6.07, 6.45) is 4.36. The zero-order chi connectivity index (χ0) is 19.9. The van der Waals surface area contributed by atoms with Gasteiger partial charge in [0.15, 0.2) is 5.96 Å². The highest BCUT2D eigenvalue weighted by Crippen LogP contribution is 2.19. The van der Waals surface area contributed by atoms with E-state index in [0.29, 0.717) is 12.0 Å². The molecule has 0 aromatic heterocycles. The fraction of sp³-hybridized carbons (Fsp3) is 0.900. The third-order valence-electron chi connectivity index (χ3n) is 5.46. The average Bonchev–Trinajstić information content (AvgIpc) is 3.08. The van der Waals surface area contributed by atoms with Crippen molar-refractivity contribution in [3.05, 3.63) is 0 Å². The number of hydrogen-bond donors (Lipinski definition) is 2. The van der Waals surface area contributed by atoms with Gasteiger partial charge < -0.3 is 20.3 Å². The van der Waals surface area contributed by atoms with Crippen LogP contribution in [0.4, 0.5) is 4.79 Å². The van der Waals surface area contributed by atoms with Crippen LogP contribution in [0.25, 0.3) is 0 Å². The van der Waals surface area contributed by atoms with E-state index in [4.69, 9.17) is 4.74 Å². The molecule has 1 unspecified atom stereocenters. The Bertz CT molecular complexity index is 495. The number of amides is 1. The van der Waals surface area contributed by atoms with Crippen LogP contribution in [0.3, 0.4) is 0 Å². The molecule has 2 N–H and O–H groups in total. The predicted octanol–water partition coefficient (Wildman–Crippen LogP) is 2.28. The number of guanidine groups is 1. The maximum atomic E-state index is 12.2. The highest BCUT2D eigenvalue weighted by atomic mass is 16.6. The van der Waals surface area contributed by atoms with Crippen molar-refractivity contribution in [3.63, 3.8) is 0 Å². The minimum Gasteiger partial charge on any atom is -0.444 e. The highest BCUT2D eigenvalue weighted by molar-refractivity contribution is 5.79. The molecule has 1 amide bonds. The summed E-state index contributed by atoms with van der Waals surface area (Å²) in [5.41, 5.74) is -0.430. The molecule has 1 atom stereocenters. The number of carbonyl (C=O) groups excluding carboxylic acids is 1. The van der Waals surface area contributed by atoms with Crippen molar-refractivity contribution in [2.45, 2.75) is 65.0 Å². The van der Waals surface area contributed by atoms with E-state index in [1.54, 1.807) is 0 Å². The standard InChI is InChI=1S/C20H39N5O2/c1-6-24-11-7-8-17(24)15-23-18(21-5)22-14-16-9-12-25(13-10-16)19(26)27-20(2,3)4/h16-17H,6-15H2,1-5H3,(H2,21,22,23). The summed E-state index contributed by atoms with van der Waals surface area (Å²) < 4.78 is 5.46. The van der Waals surface area contributed by atoms with Crippen LogP contribution in [0.15, 0.2) is 4.99 Å². The van der Waals surface area contributed by atoms with Crippen LogP contribution < -0.4 is 10.6 Å². The molecule has 0 aromatic rings. The molecule has 0 radical (unpaired) electrons. The second-order valence-electron chi connectivity index (χ2n) is 8.67. The lowest BCUT2D eigenvalue weighted by Crippen LogP contribution is -2.47. The SMILES string of the molecule is CCN1CCCC1CNC(=NC)NCC1CCN(C(=O)OC(C)(C)C)CC1. The summed E-state index contributed by atoms with van der Waals surface area (Å²) in [5.74, 6) is 1.44. The lowest BCUT2D eigenvalue weighted by molar-refractivity contribution is 0.0185. The second-order valence-corrected chi connectivity index (χ2v) is 8.67. The molecule has 2 aliphatic heterocycles. The van der Waals surface area contributed by atoms with Crippen molar-refractivity contribution in [3.8, 4) is 0 Å². The Morgan fingerprint density at radius 3 is 2.37 bits per heavy atom. The van der Waals surface area contributed by atoms with Crippen molar-refractivity contribution >= 4 is 12.1 Å². The second kappa shape index (κ2) is 10.2. The molecule has 2 rings (SSSR count). The third-order valence-corrected chi connectivity index (χ3v) is 5.46. The third kappa shape index (κ3) is 7.20. The Hall–Kier alpha value is -1.50. The van der Waals surface area contributed by atoms with Crippen LogP contribution in [-0.2, 0) is 4.74 Å². The van der Waals surface area contributed by atoms with Gasteiger partial charge in [0, 0.05) is 39.3 Å². The molecular formula is C20H39N5O2. The normalized spacial score (nSPS) is 22.8. The van der Waals surface area contributed by atoms with Crippen LogP contribution >= 0.6 is 0 Å². The van der Waals surface area contributed by atoms with E-state index in [1.165, 1.54) is 19.4 Å². The Kier molecular flexibility index (Phi) is 8.20.